The molecule has 1 N–H and O–H groups in total. The summed E-state index contributed by atoms with van der Waals surface area (Å²) in [5.41, 5.74) is 0. The van der Waals surface area contributed by atoms with Crippen LogP contribution >= 0.6 is 0 Å². The summed E-state index contributed by atoms with van der Waals surface area (Å²) in [6, 6.07) is 0. The highest BCUT2D eigenvalue weighted by atomic mass is 16.7. The fourth-order valence-electron chi connectivity index (χ4n) is 0.946. The van der Waals surface area contributed by atoms with E-state index in [2.05, 4.69) is 0 Å². The number of ether oxygens (including phenoxy) is 2. The third kappa shape index (κ3) is 9.21. The Morgan fingerprint density at radius 1 is 1.33 bits per heavy atom. The normalized spacial score (nSPS) is 12.1. The molecule has 0 aliphatic heterocycles. The van der Waals surface area contributed by atoms with Gasteiger partial charge in [-0.3, -0.25) is 9.59 Å². The molecule has 5 heteroatoms. The van der Waals surface area contributed by atoms with Crippen molar-refractivity contribution in [2.75, 3.05) is 6.61 Å². The number of carbonyl (C=O) groups excluding carboxylic acids is 1. The number of rotatable bonds is 8. The molecule has 1 atom stereocenters. The lowest BCUT2D eigenvalue weighted by atomic mass is 10.2. The van der Waals surface area contributed by atoms with E-state index in [0.717, 1.165) is 6.42 Å². The topological polar surface area (TPSA) is 72.8 Å². The first-order valence-corrected chi connectivity index (χ1v) is 5.09. The number of hydrogen-bond acceptors (Lipinski definition) is 4. The van der Waals surface area contributed by atoms with Crippen LogP contribution in [0.1, 0.15) is 39.5 Å². The predicted octanol–water partition coefficient (Wildman–Crippen LogP) is 1.56. The van der Waals surface area contributed by atoms with E-state index in [0.29, 0.717) is 13.0 Å². The van der Waals surface area contributed by atoms with Gasteiger partial charge in [-0.2, -0.15) is 0 Å². The van der Waals surface area contributed by atoms with Crippen molar-refractivity contribution in [1.29, 1.82) is 0 Å². The van der Waals surface area contributed by atoms with Gasteiger partial charge in [-0.05, 0) is 19.8 Å². The van der Waals surface area contributed by atoms with Gasteiger partial charge in [0, 0.05) is 12.8 Å². The Hall–Kier alpha value is -1.10. The first-order valence-electron chi connectivity index (χ1n) is 5.09. The van der Waals surface area contributed by atoms with Crippen molar-refractivity contribution < 1.29 is 24.2 Å². The molecule has 0 fully saturated rings. The summed E-state index contributed by atoms with van der Waals surface area (Å²) in [6.07, 6.45) is 0.711. The zero-order valence-corrected chi connectivity index (χ0v) is 9.19. The molecule has 0 aliphatic carbocycles. The van der Waals surface area contributed by atoms with Crippen LogP contribution in [-0.4, -0.2) is 29.9 Å². The maximum absolute atomic E-state index is 11.1. The Bertz CT molecular complexity index is 202. The number of carbonyl (C=O) groups is 2. The molecule has 0 rings (SSSR count). The van der Waals surface area contributed by atoms with Crippen molar-refractivity contribution in [2.24, 2.45) is 0 Å². The first kappa shape index (κ1) is 13.9. The van der Waals surface area contributed by atoms with E-state index in [9.17, 15) is 9.59 Å². The van der Waals surface area contributed by atoms with Crippen molar-refractivity contribution in [2.45, 2.75) is 45.8 Å². The fourth-order valence-corrected chi connectivity index (χ4v) is 0.946. The first-order chi connectivity index (χ1) is 7.06. The lowest BCUT2D eigenvalue weighted by Crippen LogP contribution is -2.18. The smallest absolute Gasteiger partial charge is 0.308 e. The molecule has 0 radical (unpaired) electrons. The minimum Gasteiger partial charge on any atom is -0.481 e. The van der Waals surface area contributed by atoms with E-state index in [-0.39, 0.29) is 12.8 Å². The predicted molar refractivity (Wildman–Crippen MR) is 53.3 cm³/mol. The van der Waals surface area contributed by atoms with Gasteiger partial charge in [-0.15, -0.1) is 0 Å². The number of esters is 1. The molecule has 15 heavy (non-hydrogen) atoms. The van der Waals surface area contributed by atoms with Crippen LogP contribution in [0.4, 0.5) is 0 Å². The Morgan fingerprint density at radius 2 is 2.00 bits per heavy atom. The molecule has 0 aromatic rings. The van der Waals surface area contributed by atoms with Crippen molar-refractivity contribution in [3.05, 3.63) is 0 Å². The number of carboxylic acid groups (broad SMARTS) is 1. The number of carboxylic acids is 1. The van der Waals surface area contributed by atoms with Gasteiger partial charge in [0.2, 0.25) is 0 Å². The Labute approximate surface area is 89.4 Å². The summed E-state index contributed by atoms with van der Waals surface area (Å²) < 4.78 is 10.0. The van der Waals surface area contributed by atoms with Gasteiger partial charge in [-0.1, -0.05) is 6.92 Å². The van der Waals surface area contributed by atoms with Crippen LogP contribution in [0.3, 0.4) is 0 Å². The zero-order chi connectivity index (χ0) is 11.7. The molecule has 0 saturated heterocycles. The van der Waals surface area contributed by atoms with Crippen molar-refractivity contribution in [3.8, 4) is 0 Å². The van der Waals surface area contributed by atoms with E-state index >= 15 is 0 Å². The van der Waals surface area contributed by atoms with Crippen LogP contribution in [0, 0.1) is 0 Å². The van der Waals surface area contributed by atoms with Gasteiger partial charge in [0.05, 0.1) is 6.61 Å². The molecule has 0 heterocycles. The van der Waals surface area contributed by atoms with E-state index in [4.69, 9.17) is 14.6 Å². The van der Waals surface area contributed by atoms with Gasteiger partial charge in [0.15, 0.2) is 6.29 Å². The van der Waals surface area contributed by atoms with Crippen molar-refractivity contribution in [3.63, 3.8) is 0 Å². The van der Waals surface area contributed by atoms with Gasteiger partial charge >= 0.3 is 11.9 Å². The SMILES string of the molecule is CCCOC(C)OC(=O)CCCC(=O)O. The Morgan fingerprint density at radius 3 is 2.53 bits per heavy atom. The van der Waals surface area contributed by atoms with E-state index < -0.39 is 18.2 Å². The third-order valence-electron chi connectivity index (χ3n) is 1.63. The van der Waals surface area contributed by atoms with Crippen LogP contribution in [0.25, 0.3) is 0 Å². The number of aliphatic carboxylic acids is 1. The molecule has 1 unspecified atom stereocenters. The molecule has 88 valence electrons. The Kier molecular flexibility index (Phi) is 7.62. The summed E-state index contributed by atoms with van der Waals surface area (Å²) in [5, 5.41) is 8.35. The van der Waals surface area contributed by atoms with Crippen LogP contribution in [0.15, 0.2) is 0 Å². The van der Waals surface area contributed by atoms with Crippen LogP contribution in [0.5, 0.6) is 0 Å². The standard InChI is InChI=1S/C10H18O5/c1-3-7-14-8(2)15-10(13)6-4-5-9(11)12/h8H,3-7H2,1-2H3,(H,11,12). The van der Waals surface area contributed by atoms with Crippen molar-refractivity contribution in [1.82, 2.24) is 0 Å². The molecule has 0 aromatic carbocycles. The van der Waals surface area contributed by atoms with E-state index in [1.54, 1.807) is 6.92 Å². The highest BCUT2D eigenvalue weighted by molar-refractivity contribution is 5.71. The van der Waals surface area contributed by atoms with Crippen molar-refractivity contribution >= 4 is 11.9 Å². The second-order valence-corrected chi connectivity index (χ2v) is 3.18. The molecule has 0 amide bonds. The summed E-state index contributed by atoms with van der Waals surface area (Å²) in [6.45, 7) is 4.15. The average Bonchev–Trinajstić information content (AvgIpc) is 2.14. The summed E-state index contributed by atoms with van der Waals surface area (Å²) in [4.78, 5) is 21.3. The van der Waals surface area contributed by atoms with Gasteiger partial charge < -0.3 is 14.6 Å². The molecule has 0 bridgehead atoms. The molecular formula is C10H18O5. The van der Waals surface area contributed by atoms with Gasteiger partial charge in [0.25, 0.3) is 0 Å². The molecule has 0 aliphatic rings. The van der Waals surface area contributed by atoms with E-state index in [1.807, 2.05) is 6.92 Å². The van der Waals surface area contributed by atoms with Crippen LogP contribution in [0.2, 0.25) is 0 Å². The van der Waals surface area contributed by atoms with E-state index in [1.165, 1.54) is 0 Å². The Balaban J connectivity index is 3.50. The minimum atomic E-state index is -0.905. The quantitative estimate of drug-likeness (QED) is 0.494. The van der Waals surface area contributed by atoms with Gasteiger partial charge in [-0.25, -0.2) is 0 Å². The lowest BCUT2D eigenvalue weighted by Gasteiger charge is -2.13. The molecule has 0 spiro atoms. The highest BCUT2D eigenvalue weighted by Crippen LogP contribution is 2.02. The maximum atomic E-state index is 11.1. The lowest BCUT2D eigenvalue weighted by molar-refractivity contribution is -0.174. The minimum absolute atomic E-state index is 0.0146. The average molecular weight is 218 g/mol. The largest absolute Gasteiger partial charge is 0.481 e. The summed E-state index contributed by atoms with van der Waals surface area (Å²) in [7, 11) is 0. The van der Waals surface area contributed by atoms with Crippen LogP contribution in [-0.2, 0) is 19.1 Å². The summed E-state index contributed by atoms with van der Waals surface area (Å²) in [5.74, 6) is -1.32. The fraction of sp³-hybridized carbons (Fsp3) is 0.800. The molecule has 0 aromatic heterocycles. The maximum Gasteiger partial charge on any atom is 0.308 e. The second-order valence-electron chi connectivity index (χ2n) is 3.18. The van der Waals surface area contributed by atoms with Gasteiger partial charge in [0.1, 0.15) is 0 Å². The molecule has 0 saturated carbocycles. The van der Waals surface area contributed by atoms with Crippen LogP contribution < -0.4 is 0 Å². The molecule has 5 nitrogen and oxygen atoms in total. The third-order valence-corrected chi connectivity index (χ3v) is 1.63. The number of hydrogen-bond donors (Lipinski definition) is 1. The zero-order valence-electron chi connectivity index (χ0n) is 9.19. The highest BCUT2D eigenvalue weighted by Gasteiger charge is 2.09. The summed E-state index contributed by atoms with van der Waals surface area (Å²) >= 11 is 0. The monoisotopic (exact) mass is 218 g/mol. The molecular weight excluding hydrogens is 200 g/mol. The second kappa shape index (κ2) is 8.23.